The first kappa shape index (κ1) is 19.2. The van der Waals surface area contributed by atoms with E-state index in [4.69, 9.17) is 9.47 Å². The smallest absolute Gasteiger partial charge is 0.343 e. The molecule has 0 radical (unpaired) electrons. The van der Waals surface area contributed by atoms with Crippen LogP contribution in [0.1, 0.15) is 20.7 Å². The van der Waals surface area contributed by atoms with E-state index >= 15 is 0 Å². The fourth-order valence-electron chi connectivity index (χ4n) is 2.91. The second-order valence-electron chi connectivity index (χ2n) is 6.56. The molecule has 0 aliphatic rings. The molecule has 0 atom stereocenters. The molecule has 0 fully saturated rings. The molecule has 4 nitrogen and oxygen atoms in total. The molecule has 0 bridgehead atoms. The third kappa shape index (κ3) is 4.62. The Labute approximate surface area is 174 Å². The van der Waals surface area contributed by atoms with E-state index in [2.05, 4.69) is 0 Å². The van der Waals surface area contributed by atoms with Gasteiger partial charge in [-0.25, -0.2) is 9.59 Å². The van der Waals surface area contributed by atoms with Crippen LogP contribution in [0, 0.1) is 0 Å². The summed E-state index contributed by atoms with van der Waals surface area (Å²) in [5.41, 5.74) is 2.78. The van der Waals surface area contributed by atoms with E-state index in [0.29, 0.717) is 22.6 Å². The monoisotopic (exact) mass is 394 g/mol. The summed E-state index contributed by atoms with van der Waals surface area (Å²) in [6.07, 6.45) is 0. The number of carbonyl (C=O) groups is 2. The molecule has 146 valence electrons. The van der Waals surface area contributed by atoms with Crippen LogP contribution in [0.3, 0.4) is 0 Å². The van der Waals surface area contributed by atoms with E-state index < -0.39 is 11.9 Å². The molecule has 0 saturated heterocycles. The molecule has 4 aromatic rings. The van der Waals surface area contributed by atoms with Crippen LogP contribution in [-0.4, -0.2) is 11.9 Å². The van der Waals surface area contributed by atoms with E-state index in [1.165, 1.54) is 0 Å². The topological polar surface area (TPSA) is 52.6 Å². The number of esters is 2. The third-order valence-electron chi connectivity index (χ3n) is 4.48. The molecular formula is C26H18O4. The van der Waals surface area contributed by atoms with Crippen molar-refractivity contribution in [2.75, 3.05) is 0 Å². The van der Waals surface area contributed by atoms with E-state index in [0.717, 1.165) is 11.1 Å². The number of rotatable bonds is 5. The zero-order valence-corrected chi connectivity index (χ0v) is 16.0. The van der Waals surface area contributed by atoms with Gasteiger partial charge in [-0.1, -0.05) is 60.7 Å². The minimum atomic E-state index is -0.410. The lowest BCUT2D eigenvalue weighted by molar-refractivity contribution is 0.0725. The molecule has 4 aromatic carbocycles. The molecule has 4 rings (SSSR count). The van der Waals surface area contributed by atoms with Gasteiger partial charge in [0.15, 0.2) is 0 Å². The lowest BCUT2D eigenvalue weighted by Gasteiger charge is -2.07. The fourth-order valence-corrected chi connectivity index (χ4v) is 2.91. The lowest BCUT2D eigenvalue weighted by atomic mass is 10.0. The van der Waals surface area contributed by atoms with Crippen molar-refractivity contribution in [3.05, 3.63) is 120 Å². The van der Waals surface area contributed by atoms with Gasteiger partial charge in [0, 0.05) is 0 Å². The summed E-state index contributed by atoms with van der Waals surface area (Å²) in [5, 5.41) is 0. The molecule has 0 aliphatic carbocycles. The summed E-state index contributed by atoms with van der Waals surface area (Å²) in [4.78, 5) is 24.5. The van der Waals surface area contributed by atoms with Crippen molar-refractivity contribution in [3.8, 4) is 22.6 Å². The molecule has 4 heteroatoms. The van der Waals surface area contributed by atoms with Gasteiger partial charge in [0.1, 0.15) is 11.5 Å². The van der Waals surface area contributed by atoms with Crippen molar-refractivity contribution in [1.29, 1.82) is 0 Å². The number of hydrogen-bond acceptors (Lipinski definition) is 4. The SMILES string of the molecule is O=C(Oc1ccccc1)c1ccc(-c2ccc(C(=O)Oc3ccccc3)cc2)cc1. The Bertz CT molecular complexity index is 1040. The third-order valence-corrected chi connectivity index (χ3v) is 4.48. The van der Waals surface area contributed by atoms with Crippen LogP contribution < -0.4 is 9.47 Å². The van der Waals surface area contributed by atoms with Crippen molar-refractivity contribution in [3.63, 3.8) is 0 Å². The highest BCUT2D eigenvalue weighted by Crippen LogP contribution is 2.22. The van der Waals surface area contributed by atoms with E-state index in [1.54, 1.807) is 48.5 Å². The molecule has 0 N–H and O–H groups in total. The van der Waals surface area contributed by atoms with Crippen molar-refractivity contribution in [2.45, 2.75) is 0 Å². The maximum absolute atomic E-state index is 12.3. The highest BCUT2D eigenvalue weighted by Gasteiger charge is 2.11. The highest BCUT2D eigenvalue weighted by molar-refractivity contribution is 5.92. The van der Waals surface area contributed by atoms with Gasteiger partial charge < -0.3 is 9.47 Å². The Balaban J connectivity index is 1.43. The maximum Gasteiger partial charge on any atom is 0.343 e. The van der Waals surface area contributed by atoms with E-state index in [-0.39, 0.29) is 0 Å². The molecule has 0 heterocycles. The van der Waals surface area contributed by atoms with Crippen LogP contribution in [0.15, 0.2) is 109 Å². The summed E-state index contributed by atoms with van der Waals surface area (Å²) in [5.74, 6) is 0.188. The van der Waals surface area contributed by atoms with Gasteiger partial charge in [0.25, 0.3) is 0 Å². The Morgan fingerprint density at radius 2 is 0.767 bits per heavy atom. The molecule has 0 unspecified atom stereocenters. The van der Waals surface area contributed by atoms with Gasteiger partial charge >= 0.3 is 11.9 Å². The standard InChI is InChI=1S/C26H18O4/c27-25(29-23-7-3-1-4-8-23)21-15-11-19(12-16-21)20-13-17-22(18-14-20)26(28)30-24-9-5-2-6-10-24/h1-18H. The maximum atomic E-state index is 12.3. The van der Waals surface area contributed by atoms with Crippen LogP contribution >= 0.6 is 0 Å². The van der Waals surface area contributed by atoms with E-state index in [1.807, 2.05) is 60.7 Å². The number of ether oxygens (including phenoxy) is 2. The van der Waals surface area contributed by atoms with Crippen molar-refractivity contribution in [1.82, 2.24) is 0 Å². The molecule has 30 heavy (non-hydrogen) atoms. The first-order valence-electron chi connectivity index (χ1n) is 9.44. The zero-order chi connectivity index (χ0) is 20.8. The quantitative estimate of drug-likeness (QED) is 0.317. The molecule has 0 saturated carbocycles. The largest absolute Gasteiger partial charge is 0.423 e. The Kier molecular flexibility index (Phi) is 5.67. The van der Waals surface area contributed by atoms with Crippen LogP contribution in [0.4, 0.5) is 0 Å². The molecule has 0 spiro atoms. The Morgan fingerprint density at radius 1 is 0.433 bits per heavy atom. The lowest BCUT2D eigenvalue weighted by Crippen LogP contribution is -2.08. The number of benzene rings is 4. The van der Waals surface area contributed by atoms with Crippen LogP contribution in [0.5, 0.6) is 11.5 Å². The molecule has 0 aromatic heterocycles. The van der Waals surface area contributed by atoms with Crippen LogP contribution in [-0.2, 0) is 0 Å². The van der Waals surface area contributed by atoms with Gasteiger partial charge in [-0.3, -0.25) is 0 Å². The number of hydrogen-bond donors (Lipinski definition) is 0. The average Bonchev–Trinajstić information content (AvgIpc) is 2.80. The second kappa shape index (κ2) is 8.88. The van der Waals surface area contributed by atoms with Crippen molar-refractivity contribution >= 4 is 11.9 Å². The summed E-state index contributed by atoms with van der Waals surface area (Å²) in [6.45, 7) is 0. The summed E-state index contributed by atoms with van der Waals surface area (Å²) in [6, 6.07) is 32.2. The second-order valence-corrected chi connectivity index (χ2v) is 6.56. The first-order chi connectivity index (χ1) is 14.7. The first-order valence-corrected chi connectivity index (χ1v) is 9.44. The number of carbonyl (C=O) groups excluding carboxylic acids is 2. The fraction of sp³-hybridized carbons (Fsp3) is 0. The minimum Gasteiger partial charge on any atom is -0.423 e. The van der Waals surface area contributed by atoms with Gasteiger partial charge in [-0.2, -0.15) is 0 Å². The van der Waals surface area contributed by atoms with Crippen molar-refractivity contribution < 1.29 is 19.1 Å². The van der Waals surface area contributed by atoms with Crippen molar-refractivity contribution in [2.24, 2.45) is 0 Å². The predicted molar refractivity (Wildman–Crippen MR) is 115 cm³/mol. The van der Waals surface area contributed by atoms with Gasteiger partial charge in [-0.15, -0.1) is 0 Å². The average molecular weight is 394 g/mol. The summed E-state index contributed by atoms with van der Waals surface area (Å²) < 4.78 is 10.7. The van der Waals surface area contributed by atoms with Gasteiger partial charge in [0.05, 0.1) is 11.1 Å². The summed E-state index contributed by atoms with van der Waals surface area (Å²) in [7, 11) is 0. The van der Waals surface area contributed by atoms with E-state index in [9.17, 15) is 9.59 Å². The molecular weight excluding hydrogens is 376 g/mol. The van der Waals surface area contributed by atoms with Crippen LogP contribution in [0.2, 0.25) is 0 Å². The Morgan fingerprint density at radius 3 is 1.10 bits per heavy atom. The minimum absolute atomic E-state index is 0.410. The molecule has 0 aliphatic heterocycles. The highest BCUT2D eigenvalue weighted by atomic mass is 16.5. The van der Waals surface area contributed by atoms with Crippen LogP contribution in [0.25, 0.3) is 11.1 Å². The summed E-state index contributed by atoms with van der Waals surface area (Å²) >= 11 is 0. The Hall–Kier alpha value is -4.18. The molecule has 0 amide bonds. The van der Waals surface area contributed by atoms with Gasteiger partial charge in [0.2, 0.25) is 0 Å². The predicted octanol–water partition coefficient (Wildman–Crippen LogP) is 5.79. The number of para-hydroxylation sites is 2. The normalized spacial score (nSPS) is 10.3. The zero-order valence-electron chi connectivity index (χ0n) is 16.0. The van der Waals surface area contributed by atoms with Gasteiger partial charge in [-0.05, 0) is 59.7 Å².